The van der Waals surface area contributed by atoms with E-state index in [2.05, 4.69) is 10.3 Å². The topological polar surface area (TPSA) is 38.1 Å². The van der Waals surface area contributed by atoms with Crippen LogP contribution in [0.5, 0.6) is 0 Å². The Labute approximate surface area is 141 Å². The van der Waals surface area contributed by atoms with E-state index in [4.69, 9.17) is 4.42 Å². The molecule has 0 aliphatic rings. The fraction of sp³-hybridized carbons (Fsp3) is 0.235. The van der Waals surface area contributed by atoms with Crippen molar-refractivity contribution in [3.05, 3.63) is 64.5 Å². The molecule has 0 bridgehead atoms. The molecule has 0 spiro atoms. The standard InChI is InChI=1S/C17H15F3N2OS/c1-11-2-7-14(23-11)15-9-22-16(24-15)10-21-8-12-3-5-13(6-4-12)17(18,19)20/h2-7,9,21H,8,10H2,1H3. The van der Waals surface area contributed by atoms with Crippen LogP contribution in [0, 0.1) is 6.92 Å². The second kappa shape index (κ2) is 6.78. The number of hydrogen-bond donors (Lipinski definition) is 1. The summed E-state index contributed by atoms with van der Waals surface area (Å²) in [5, 5.41) is 4.08. The predicted octanol–water partition coefficient (Wildman–Crippen LogP) is 5.02. The van der Waals surface area contributed by atoms with Crippen molar-refractivity contribution >= 4 is 11.3 Å². The van der Waals surface area contributed by atoms with Crippen LogP contribution in [0.4, 0.5) is 13.2 Å². The molecule has 0 amide bonds. The first-order chi connectivity index (χ1) is 11.4. The molecule has 0 unspecified atom stereocenters. The third-order valence-corrected chi connectivity index (χ3v) is 4.44. The van der Waals surface area contributed by atoms with Gasteiger partial charge in [0.25, 0.3) is 0 Å². The molecule has 0 fully saturated rings. The quantitative estimate of drug-likeness (QED) is 0.701. The molecule has 0 atom stereocenters. The number of nitrogens with one attached hydrogen (secondary N) is 1. The Bertz CT molecular complexity index is 806. The van der Waals surface area contributed by atoms with Gasteiger partial charge in [0, 0.05) is 19.3 Å². The SMILES string of the molecule is Cc1ccc(-c2cnc(CNCc3ccc(C(F)(F)F)cc3)s2)o1. The van der Waals surface area contributed by atoms with Gasteiger partial charge >= 0.3 is 6.18 Å². The number of halogens is 3. The Morgan fingerprint density at radius 3 is 2.46 bits per heavy atom. The zero-order valence-corrected chi connectivity index (χ0v) is 13.7. The lowest BCUT2D eigenvalue weighted by molar-refractivity contribution is -0.137. The fourth-order valence-corrected chi connectivity index (χ4v) is 3.05. The Morgan fingerprint density at radius 2 is 1.83 bits per heavy atom. The number of thiazole rings is 1. The van der Waals surface area contributed by atoms with Crippen LogP contribution in [0.1, 0.15) is 21.9 Å². The summed E-state index contributed by atoms with van der Waals surface area (Å²) in [5.74, 6) is 1.64. The smallest absolute Gasteiger partial charge is 0.416 e. The molecule has 1 N–H and O–H groups in total. The summed E-state index contributed by atoms with van der Waals surface area (Å²) in [6, 6.07) is 8.96. The van der Waals surface area contributed by atoms with Gasteiger partial charge in [0.05, 0.1) is 10.4 Å². The summed E-state index contributed by atoms with van der Waals surface area (Å²) in [6.45, 7) is 2.91. The van der Waals surface area contributed by atoms with E-state index in [0.29, 0.717) is 13.1 Å². The molecule has 0 aliphatic carbocycles. The monoisotopic (exact) mass is 352 g/mol. The van der Waals surface area contributed by atoms with Crippen LogP contribution < -0.4 is 5.32 Å². The van der Waals surface area contributed by atoms with Crippen molar-refractivity contribution in [2.45, 2.75) is 26.2 Å². The maximum Gasteiger partial charge on any atom is 0.416 e. The highest BCUT2D eigenvalue weighted by molar-refractivity contribution is 7.15. The number of nitrogens with zero attached hydrogens (tertiary/aromatic N) is 1. The normalized spacial score (nSPS) is 11.8. The molecule has 2 heterocycles. The van der Waals surface area contributed by atoms with Crippen molar-refractivity contribution in [1.29, 1.82) is 0 Å². The largest absolute Gasteiger partial charge is 0.460 e. The molecule has 24 heavy (non-hydrogen) atoms. The van der Waals surface area contributed by atoms with Crippen LogP contribution in [-0.2, 0) is 19.3 Å². The first-order valence-electron chi connectivity index (χ1n) is 7.30. The minimum atomic E-state index is -4.30. The zero-order chi connectivity index (χ0) is 17.2. The molecule has 0 radical (unpaired) electrons. The minimum absolute atomic E-state index is 0.479. The van der Waals surface area contributed by atoms with Crippen LogP contribution in [0.2, 0.25) is 0 Å². The first kappa shape index (κ1) is 16.7. The van der Waals surface area contributed by atoms with Crippen molar-refractivity contribution in [3.8, 4) is 10.6 Å². The Morgan fingerprint density at radius 1 is 1.08 bits per heavy atom. The van der Waals surface area contributed by atoms with Gasteiger partial charge in [-0.1, -0.05) is 12.1 Å². The van der Waals surface area contributed by atoms with Crippen LogP contribution in [-0.4, -0.2) is 4.98 Å². The van der Waals surface area contributed by atoms with Crippen LogP contribution in [0.25, 0.3) is 10.6 Å². The molecule has 0 saturated carbocycles. The number of alkyl halides is 3. The third-order valence-electron chi connectivity index (χ3n) is 3.42. The van der Waals surface area contributed by atoms with Crippen LogP contribution in [0.3, 0.4) is 0 Å². The lowest BCUT2D eigenvalue weighted by Crippen LogP contribution is -2.12. The first-order valence-corrected chi connectivity index (χ1v) is 8.12. The van der Waals surface area contributed by atoms with Gasteiger partial charge in [-0.15, -0.1) is 11.3 Å². The van der Waals surface area contributed by atoms with Gasteiger partial charge in [-0.3, -0.25) is 0 Å². The fourth-order valence-electron chi connectivity index (χ4n) is 2.20. The second-order valence-electron chi connectivity index (χ2n) is 5.33. The van der Waals surface area contributed by atoms with Gasteiger partial charge in [0.1, 0.15) is 16.5 Å². The molecule has 0 aliphatic heterocycles. The van der Waals surface area contributed by atoms with E-state index in [1.165, 1.54) is 23.5 Å². The highest BCUT2D eigenvalue weighted by Crippen LogP contribution is 2.29. The molecule has 3 aromatic rings. The molecule has 0 saturated heterocycles. The van der Waals surface area contributed by atoms with Crippen molar-refractivity contribution < 1.29 is 17.6 Å². The molecule has 2 aromatic heterocycles. The summed E-state index contributed by atoms with van der Waals surface area (Å²) in [6.07, 6.45) is -2.54. The number of benzene rings is 1. The Hall–Kier alpha value is -2.12. The van der Waals surface area contributed by atoms with Crippen molar-refractivity contribution in [1.82, 2.24) is 10.3 Å². The van der Waals surface area contributed by atoms with Crippen molar-refractivity contribution in [2.24, 2.45) is 0 Å². The van der Waals surface area contributed by atoms with Gasteiger partial charge in [-0.25, -0.2) is 4.98 Å². The molecule has 7 heteroatoms. The maximum absolute atomic E-state index is 12.5. The van der Waals surface area contributed by atoms with Crippen LogP contribution >= 0.6 is 11.3 Å². The Balaban J connectivity index is 1.54. The number of rotatable bonds is 5. The molecule has 3 nitrogen and oxygen atoms in total. The molecule has 1 aromatic carbocycles. The van der Waals surface area contributed by atoms with E-state index in [0.717, 1.165) is 39.1 Å². The molecule has 3 rings (SSSR count). The van der Waals surface area contributed by atoms with E-state index in [9.17, 15) is 13.2 Å². The highest BCUT2D eigenvalue weighted by Gasteiger charge is 2.29. The van der Waals surface area contributed by atoms with Gasteiger partial charge in [-0.05, 0) is 36.8 Å². The molecular formula is C17H15F3N2OS. The second-order valence-corrected chi connectivity index (χ2v) is 6.44. The zero-order valence-electron chi connectivity index (χ0n) is 12.9. The van der Waals surface area contributed by atoms with E-state index in [1.807, 2.05) is 19.1 Å². The highest BCUT2D eigenvalue weighted by atomic mass is 32.1. The molecular weight excluding hydrogens is 337 g/mol. The van der Waals surface area contributed by atoms with E-state index < -0.39 is 11.7 Å². The van der Waals surface area contributed by atoms with E-state index in [-0.39, 0.29) is 0 Å². The predicted molar refractivity (Wildman–Crippen MR) is 86.5 cm³/mol. The maximum atomic E-state index is 12.5. The summed E-state index contributed by atoms with van der Waals surface area (Å²) in [5.41, 5.74) is 0.158. The summed E-state index contributed by atoms with van der Waals surface area (Å²) < 4.78 is 43.1. The van der Waals surface area contributed by atoms with Gasteiger partial charge < -0.3 is 9.73 Å². The summed E-state index contributed by atoms with van der Waals surface area (Å²) in [4.78, 5) is 5.28. The summed E-state index contributed by atoms with van der Waals surface area (Å²) >= 11 is 1.52. The number of aromatic nitrogens is 1. The minimum Gasteiger partial charge on any atom is -0.460 e. The lowest BCUT2D eigenvalue weighted by Gasteiger charge is -2.08. The Kier molecular flexibility index (Phi) is 4.73. The summed E-state index contributed by atoms with van der Waals surface area (Å²) in [7, 11) is 0. The average molecular weight is 352 g/mol. The number of furan rings is 1. The number of hydrogen-bond acceptors (Lipinski definition) is 4. The van der Waals surface area contributed by atoms with Crippen molar-refractivity contribution in [2.75, 3.05) is 0 Å². The lowest BCUT2D eigenvalue weighted by atomic mass is 10.1. The third kappa shape index (κ3) is 4.04. The average Bonchev–Trinajstić information content (AvgIpc) is 3.16. The van der Waals surface area contributed by atoms with E-state index in [1.54, 1.807) is 6.20 Å². The van der Waals surface area contributed by atoms with Gasteiger partial charge in [0.15, 0.2) is 0 Å². The van der Waals surface area contributed by atoms with E-state index >= 15 is 0 Å². The van der Waals surface area contributed by atoms with Gasteiger partial charge in [0.2, 0.25) is 0 Å². The molecule has 126 valence electrons. The number of aryl methyl sites for hydroxylation is 1. The van der Waals surface area contributed by atoms with Gasteiger partial charge in [-0.2, -0.15) is 13.2 Å². The van der Waals surface area contributed by atoms with Crippen LogP contribution in [0.15, 0.2) is 47.0 Å². The van der Waals surface area contributed by atoms with Crippen molar-refractivity contribution in [3.63, 3.8) is 0 Å².